The number of nitrogens with two attached hydrogens (primary N) is 1. The van der Waals surface area contributed by atoms with Crippen molar-refractivity contribution in [3.05, 3.63) is 0 Å². The average molecular weight is 117 g/mol. The number of ether oxygens (including phenoxy) is 1. The van der Waals surface area contributed by atoms with Crippen LogP contribution in [0.25, 0.3) is 0 Å². The monoisotopic (exact) mass is 117 g/mol. The van der Waals surface area contributed by atoms with Gasteiger partial charge in [0, 0.05) is 13.0 Å². The van der Waals surface area contributed by atoms with Crippen molar-refractivity contribution in [3.63, 3.8) is 0 Å². The maximum absolute atomic E-state index is 9.66. The van der Waals surface area contributed by atoms with E-state index in [4.69, 9.17) is 10.5 Å². The summed E-state index contributed by atoms with van der Waals surface area (Å²) in [7, 11) is 0. The molecule has 0 unspecified atom stereocenters. The van der Waals surface area contributed by atoms with Crippen LogP contribution in [0.15, 0.2) is 0 Å². The third-order valence-corrected chi connectivity index (χ3v) is 0.642. The molecule has 0 aromatic carbocycles. The van der Waals surface area contributed by atoms with Crippen molar-refractivity contribution < 1.29 is 9.53 Å². The molecule has 0 heterocycles. The molecule has 3 heteroatoms. The number of carbonyl (C=O) groups is 1. The van der Waals surface area contributed by atoms with Gasteiger partial charge < -0.3 is 15.3 Å². The van der Waals surface area contributed by atoms with E-state index in [1.807, 2.05) is 0 Å². The molecule has 8 heavy (non-hydrogen) atoms. The number of rotatable bonds is 5. The Kier molecular flexibility index (Phi) is 6.25. The fraction of sp³-hybridized carbons (Fsp3) is 0.800. The van der Waals surface area contributed by atoms with Gasteiger partial charge in [-0.15, -0.1) is 0 Å². The molecule has 0 fully saturated rings. The van der Waals surface area contributed by atoms with Crippen LogP contribution in [-0.4, -0.2) is 26.0 Å². The maximum atomic E-state index is 9.66. The second-order valence-corrected chi connectivity index (χ2v) is 1.36. The molecule has 0 aromatic rings. The quantitative estimate of drug-likeness (QED) is 0.392. The van der Waals surface area contributed by atoms with Gasteiger partial charge in [-0.25, -0.2) is 0 Å². The maximum Gasteiger partial charge on any atom is 0.122 e. The van der Waals surface area contributed by atoms with Gasteiger partial charge in [0.1, 0.15) is 6.29 Å². The second-order valence-electron chi connectivity index (χ2n) is 1.36. The van der Waals surface area contributed by atoms with Crippen LogP contribution in [0.4, 0.5) is 0 Å². The van der Waals surface area contributed by atoms with Crippen LogP contribution in [0.3, 0.4) is 0 Å². The van der Waals surface area contributed by atoms with E-state index in [2.05, 4.69) is 0 Å². The van der Waals surface area contributed by atoms with Crippen molar-refractivity contribution in [3.8, 4) is 0 Å². The van der Waals surface area contributed by atoms with Gasteiger partial charge in [-0.3, -0.25) is 0 Å². The lowest BCUT2D eigenvalue weighted by Crippen LogP contribution is -2.08. The molecule has 48 valence electrons. The largest absolute Gasteiger partial charge is 0.380 e. The first kappa shape index (κ1) is 7.59. The smallest absolute Gasteiger partial charge is 0.122 e. The van der Waals surface area contributed by atoms with Crippen LogP contribution in [0.1, 0.15) is 6.42 Å². The standard InChI is InChI=1S/C5H11NO2/c6-2-5-8-4-1-3-7/h3H,1-2,4-6H2. The Morgan fingerprint density at radius 1 is 1.50 bits per heavy atom. The van der Waals surface area contributed by atoms with Crippen LogP contribution < -0.4 is 5.73 Å². The molecule has 0 bridgehead atoms. The second kappa shape index (κ2) is 6.59. The molecular weight excluding hydrogens is 106 g/mol. The minimum atomic E-state index is 0.472. The van der Waals surface area contributed by atoms with Gasteiger partial charge in [-0.2, -0.15) is 0 Å². The van der Waals surface area contributed by atoms with Gasteiger partial charge in [-0.05, 0) is 0 Å². The predicted molar refractivity (Wildman–Crippen MR) is 30.6 cm³/mol. The summed E-state index contributed by atoms with van der Waals surface area (Å²) in [6.45, 7) is 1.58. The average Bonchev–Trinajstić information content (AvgIpc) is 1.81. The summed E-state index contributed by atoms with van der Waals surface area (Å²) < 4.78 is 4.87. The summed E-state index contributed by atoms with van der Waals surface area (Å²) in [4.78, 5) is 9.66. The van der Waals surface area contributed by atoms with Crippen LogP contribution in [0, 0.1) is 0 Å². The molecule has 0 saturated carbocycles. The Morgan fingerprint density at radius 2 is 2.25 bits per heavy atom. The van der Waals surface area contributed by atoms with Gasteiger partial charge in [0.15, 0.2) is 0 Å². The normalized spacial score (nSPS) is 9.12. The number of aldehydes is 1. The van der Waals surface area contributed by atoms with Crippen molar-refractivity contribution in [1.82, 2.24) is 0 Å². The van der Waals surface area contributed by atoms with Crippen molar-refractivity contribution in [2.75, 3.05) is 19.8 Å². The van der Waals surface area contributed by atoms with Crippen molar-refractivity contribution in [2.24, 2.45) is 5.73 Å². The Bertz CT molecular complexity index is 56.4. The zero-order chi connectivity index (χ0) is 6.24. The zero-order valence-corrected chi connectivity index (χ0v) is 4.80. The van der Waals surface area contributed by atoms with Crippen molar-refractivity contribution in [1.29, 1.82) is 0 Å². The lowest BCUT2D eigenvalue weighted by Gasteiger charge is -1.95. The van der Waals surface area contributed by atoms with Gasteiger partial charge in [-0.1, -0.05) is 0 Å². The summed E-state index contributed by atoms with van der Waals surface area (Å²) in [6, 6.07) is 0. The van der Waals surface area contributed by atoms with Crippen LogP contribution in [-0.2, 0) is 9.53 Å². The Balaban J connectivity index is 2.62. The highest BCUT2D eigenvalue weighted by molar-refractivity contribution is 5.49. The summed E-state index contributed by atoms with van der Waals surface area (Å²) in [5.74, 6) is 0. The molecule has 0 atom stereocenters. The summed E-state index contributed by atoms with van der Waals surface area (Å²) >= 11 is 0. The Morgan fingerprint density at radius 3 is 2.75 bits per heavy atom. The van der Waals surface area contributed by atoms with Gasteiger partial charge in [0.2, 0.25) is 0 Å². The molecule has 0 saturated heterocycles. The number of carbonyl (C=O) groups excluding carboxylic acids is 1. The lowest BCUT2D eigenvalue weighted by molar-refractivity contribution is -0.108. The Labute approximate surface area is 48.8 Å². The van der Waals surface area contributed by atoms with E-state index in [0.29, 0.717) is 26.2 Å². The van der Waals surface area contributed by atoms with E-state index in [9.17, 15) is 4.79 Å². The topological polar surface area (TPSA) is 52.3 Å². The number of hydrogen-bond acceptors (Lipinski definition) is 3. The fourth-order valence-corrected chi connectivity index (χ4v) is 0.317. The molecule has 0 spiro atoms. The minimum absolute atomic E-state index is 0.472. The van der Waals surface area contributed by atoms with E-state index in [0.717, 1.165) is 6.29 Å². The molecule has 0 amide bonds. The molecule has 0 aliphatic heterocycles. The van der Waals surface area contributed by atoms with E-state index < -0.39 is 0 Å². The van der Waals surface area contributed by atoms with Crippen LogP contribution in [0.5, 0.6) is 0 Å². The van der Waals surface area contributed by atoms with Crippen molar-refractivity contribution in [2.45, 2.75) is 6.42 Å². The minimum Gasteiger partial charge on any atom is -0.380 e. The molecule has 0 aliphatic carbocycles. The molecule has 0 rings (SSSR count). The lowest BCUT2D eigenvalue weighted by atomic mass is 10.5. The van der Waals surface area contributed by atoms with E-state index in [1.165, 1.54) is 0 Å². The Hall–Kier alpha value is -0.410. The third-order valence-electron chi connectivity index (χ3n) is 0.642. The van der Waals surface area contributed by atoms with E-state index >= 15 is 0 Å². The molecule has 0 aliphatic rings. The van der Waals surface area contributed by atoms with Gasteiger partial charge in [0.05, 0.1) is 13.2 Å². The molecule has 0 radical (unpaired) electrons. The third kappa shape index (κ3) is 5.59. The summed E-state index contributed by atoms with van der Waals surface area (Å²) in [6.07, 6.45) is 1.30. The summed E-state index contributed by atoms with van der Waals surface area (Å²) in [5, 5.41) is 0. The first-order valence-electron chi connectivity index (χ1n) is 2.63. The highest BCUT2D eigenvalue weighted by atomic mass is 16.5. The number of hydrogen-bond donors (Lipinski definition) is 1. The summed E-state index contributed by atoms with van der Waals surface area (Å²) in [5.41, 5.74) is 5.10. The van der Waals surface area contributed by atoms with Crippen molar-refractivity contribution >= 4 is 6.29 Å². The molecule has 3 nitrogen and oxygen atoms in total. The molecule has 0 aromatic heterocycles. The zero-order valence-electron chi connectivity index (χ0n) is 4.80. The van der Waals surface area contributed by atoms with E-state index in [1.54, 1.807) is 0 Å². The highest BCUT2D eigenvalue weighted by Crippen LogP contribution is 1.74. The van der Waals surface area contributed by atoms with Gasteiger partial charge in [0.25, 0.3) is 0 Å². The molecule has 2 N–H and O–H groups in total. The van der Waals surface area contributed by atoms with Gasteiger partial charge >= 0.3 is 0 Å². The highest BCUT2D eigenvalue weighted by Gasteiger charge is 1.81. The fourth-order valence-electron chi connectivity index (χ4n) is 0.317. The van der Waals surface area contributed by atoms with Crippen LogP contribution in [0.2, 0.25) is 0 Å². The first-order valence-corrected chi connectivity index (χ1v) is 2.63. The SMILES string of the molecule is NCCOCCC=O. The molecular formula is C5H11NO2. The van der Waals surface area contributed by atoms with E-state index in [-0.39, 0.29) is 0 Å². The predicted octanol–water partition coefficient (Wildman–Crippen LogP) is -0.449. The van der Waals surface area contributed by atoms with Crippen LogP contribution >= 0.6 is 0 Å². The first-order chi connectivity index (χ1) is 3.91.